The van der Waals surface area contributed by atoms with Crippen molar-refractivity contribution in [3.05, 3.63) is 97.2 Å². The van der Waals surface area contributed by atoms with Gasteiger partial charge in [0, 0.05) is 23.4 Å². The normalized spacial score (nSPS) is 15.7. The minimum Gasteiger partial charge on any atom is -0.351 e. The number of benzene rings is 2. The Morgan fingerprint density at radius 2 is 2.00 bits per heavy atom. The first-order chi connectivity index (χ1) is 16.2. The number of hydrogen-bond donors (Lipinski definition) is 3. The standard InChI is InChI=1S/C22H19BrCl2N4O3S2/c1-13(14-4-7-17(24)18(25)9-14)11-26-22(30)16-6-5-15(23)10-19(16)28-34(31,32)21-3-2-8-29-20(21)12-27-33-29/h2-10,12-13,27-28H,11H2,1H3,(H,26,30). The van der Waals surface area contributed by atoms with Gasteiger partial charge in [-0.1, -0.05) is 52.1 Å². The first-order valence-corrected chi connectivity index (χ1v) is 13.8. The molecule has 0 saturated heterocycles. The van der Waals surface area contributed by atoms with Crippen molar-refractivity contribution in [2.45, 2.75) is 12.8 Å². The molecule has 2 heterocycles. The molecule has 2 aromatic rings. The van der Waals surface area contributed by atoms with E-state index < -0.39 is 15.9 Å². The van der Waals surface area contributed by atoms with Crippen LogP contribution in [0.3, 0.4) is 0 Å². The molecule has 0 saturated carbocycles. The lowest BCUT2D eigenvalue weighted by Crippen LogP contribution is -2.29. The summed E-state index contributed by atoms with van der Waals surface area (Å²) < 4.78 is 34.2. The third kappa shape index (κ3) is 5.41. The molecule has 1 atom stereocenters. The lowest BCUT2D eigenvalue weighted by Gasteiger charge is -2.21. The lowest BCUT2D eigenvalue weighted by atomic mass is 10.0. The van der Waals surface area contributed by atoms with Crippen molar-refractivity contribution in [2.24, 2.45) is 0 Å². The molecule has 0 aromatic heterocycles. The van der Waals surface area contributed by atoms with Crippen molar-refractivity contribution in [1.29, 1.82) is 0 Å². The summed E-state index contributed by atoms with van der Waals surface area (Å²) in [6, 6.07) is 10.1. The van der Waals surface area contributed by atoms with E-state index in [4.69, 9.17) is 23.2 Å². The molecule has 4 rings (SSSR count). The minimum absolute atomic E-state index is 0.0428. The molecule has 2 aliphatic heterocycles. The van der Waals surface area contributed by atoms with E-state index in [9.17, 15) is 13.2 Å². The molecular weight excluding hydrogens is 583 g/mol. The molecule has 2 aliphatic rings. The summed E-state index contributed by atoms with van der Waals surface area (Å²) in [6.45, 7) is 2.26. The zero-order valence-corrected chi connectivity index (χ0v) is 22.4. The van der Waals surface area contributed by atoms with Crippen LogP contribution in [0.1, 0.15) is 28.8 Å². The monoisotopic (exact) mass is 600 g/mol. The number of allylic oxidation sites excluding steroid dienone is 2. The van der Waals surface area contributed by atoms with E-state index in [1.807, 2.05) is 13.0 Å². The number of rotatable bonds is 7. The van der Waals surface area contributed by atoms with E-state index in [0.717, 1.165) is 5.56 Å². The zero-order chi connectivity index (χ0) is 24.5. The molecule has 12 heteroatoms. The first kappa shape index (κ1) is 25.0. The van der Waals surface area contributed by atoms with Gasteiger partial charge in [-0.15, -0.1) is 0 Å². The third-order valence-electron chi connectivity index (χ3n) is 5.15. The molecule has 7 nitrogen and oxygen atoms in total. The summed E-state index contributed by atoms with van der Waals surface area (Å²) >= 11 is 16.7. The number of carbonyl (C=O) groups is 1. The van der Waals surface area contributed by atoms with E-state index in [-0.39, 0.29) is 22.1 Å². The highest BCUT2D eigenvalue weighted by Crippen LogP contribution is 2.34. The molecule has 0 aliphatic carbocycles. The predicted octanol–water partition coefficient (Wildman–Crippen LogP) is 5.75. The summed E-state index contributed by atoms with van der Waals surface area (Å²) in [5, 5.41) is 3.77. The van der Waals surface area contributed by atoms with Crippen LogP contribution in [0, 0.1) is 0 Å². The molecular formula is C22H19BrCl2N4O3S2. The SMILES string of the molecule is CC(CNC(=O)c1ccc(Br)cc1NS(=O)(=O)C1=CC=CN2SNC=C12)c1ccc(Cl)c(Cl)c1. The maximum absolute atomic E-state index is 13.2. The fourth-order valence-electron chi connectivity index (χ4n) is 3.34. The van der Waals surface area contributed by atoms with Gasteiger partial charge >= 0.3 is 0 Å². The molecule has 2 aromatic carbocycles. The number of carbonyl (C=O) groups excluding carboxylic acids is 1. The van der Waals surface area contributed by atoms with Crippen molar-refractivity contribution in [3.8, 4) is 0 Å². The van der Waals surface area contributed by atoms with Crippen LogP contribution in [0.2, 0.25) is 10.0 Å². The Hall–Kier alpha value is -2.11. The Balaban J connectivity index is 1.52. The summed E-state index contributed by atoms with van der Waals surface area (Å²) in [4.78, 5) is 13.1. The number of amides is 1. The highest BCUT2D eigenvalue weighted by Gasteiger charge is 2.30. The van der Waals surface area contributed by atoms with Gasteiger partial charge in [0.2, 0.25) is 0 Å². The molecule has 0 spiro atoms. The van der Waals surface area contributed by atoms with Crippen molar-refractivity contribution >= 4 is 72.9 Å². The first-order valence-electron chi connectivity index (χ1n) is 10.0. The smallest absolute Gasteiger partial charge is 0.264 e. The van der Waals surface area contributed by atoms with Crippen molar-refractivity contribution in [3.63, 3.8) is 0 Å². The van der Waals surface area contributed by atoms with Gasteiger partial charge in [-0.05, 0) is 54.0 Å². The number of nitrogens with one attached hydrogen (secondary N) is 3. The number of nitrogens with zero attached hydrogens (tertiary/aromatic N) is 1. The van der Waals surface area contributed by atoms with Crippen LogP contribution in [-0.4, -0.2) is 25.2 Å². The maximum Gasteiger partial charge on any atom is 0.264 e. The number of anilines is 1. The summed E-state index contributed by atoms with van der Waals surface area (Å²) in [7, 11) is -3.98. The van der Waals surface area contributed by atoms with E-state index in [0.29, 0.717) is 26.8 Å². The molecule has 1 amide bonds. The van der Waals surface area contributed by atoms with Gasteiger partial charge in [0.25, 0.3) is 15.9 Å². The number of sulfonamides is 1. The number of hydrogen-bond acceptors (Lipinski definition) is 6. The van der Waals surface area contributed by atoms with Crippen LogP contribution in [-0.2, 0) is 10.0 Å². The fraction of sp³-hybridized carbons (Fsp3) is 0.136. The number of fused-ring (bicyclic) bond motifs is 1. The highest BCUT2D eigenvalue weighted by molar-refractivity contribution is 9.10. The largest absolute Gasteiger partial charge is 0.351 e. The Bertz CT molecular complexity index is 1350. The van der Waals surface area contributed by atoms with Crippen LogP contribution in [0.5, 0.6) is 0 Å². The summed E-state index contributed by atoms with van der Waals surface area (Å²) in [6.07, 6.45) is 6.51. The van der Waals surface area contributed by atoms with Gasteiger partial charge < -0.3 is 10.0 Å². The fourth-order valence-corrected chi connectivity index (χ4v) is 5.98. The van der Waals surface area contributed by atoms with E-state index in [2.05, 4.69) is 30.7 Å². The Labute approximate surface area is 220 Å². The van der Waals surface area contributed by atoms with Crippen LogP contribution in [0.15, 0.2) is 76.0 Å². The van der Waals surface area contributed by atoms with Crippen molar-refractivity contribution in [1.82, 2.24) is 14.3 Å². The molecule has 34 heavy (non-hydrogen) atoms. The average Bonchev–Trinajstić information content (AvgIpc) is 3.27. The average molecular weight is 602 g/mol. The quantitative estimate of drug-likeness (QED) is 0.350. The van der Waals surface area contributed by atoms with Crippen molar-refractivity contribution < 1.29 is 13.2 Å². The molecule has 0 radical (unpaired) electrons. The van der Waals surface area contributed by atoms with Crippen LogP contribution in [0.4, 0.5) is 5.69 Å². The molecule has 178 valence electrons. The minimum atomic E-state index is -3.98. The Kier molecular flexibility index (Phi) is 7.54. The van der Waals surface area contributed by atoms with Crippen molar-refractivity contribution in [2.75, 3.05) is 11.3 Å². The summed E-state index contributed by atoms with van der Waals surface area (Å²) in [5.41, 5.74) is 1.78. The number of halogens is 3. The van der Waals surface area contributed by atoms with Gasteiger partial charge in [0.1, 0.15) is 4.91 Å². The van der Waals surface area contributed by atoms with Crippen LogP contribution in [0.25, 0.3) is 0 Å². The highest BCUT2D eigenvalue weighted by atomic mass is 79.9. The van der Waals surface area contributed by atoms with Gasteiger partial charge in [-0.3, -0.25) is 13.8 Å². The third-order valence-corrected chi connectivity index (χ3v) is 8.53. The summed E-state index contributed by atoms with van der Waals surface area (Å²) in [5.74, 6) is -0.452. The van der Waals surface area contributed by atoms with E-state index >= 15 is 0 Å². The zero-order valence-electron chi connectivity index (χ0n) is 17.7. The maximum atomic E-state index is 13.2. The Morgan fingerprint density at radius 1 is 1.21 bits per heavy atom. The van der Waals surface area contributed by atoms with E-state index in [1.165, 1.54) is 18.2 Å². The molecule has 3 N–H and O–H groups in total. The van der Waals surface area contributed by atoms with Gasteiger partial charge in [-0.2, -0.15) is 0 Å². The lowest BCUT2D eigenvalue weighted by molar-refractivity contribution is 0.0952. The molecule has 1 unspecified atom stereocenters. The van der Waals surface area contributed by atoms with Gasteiger partial charge in [-0.25, -0.2) is 8.42 Å². The topological polar surface area (TPSA) is 90.5 Å². The molecule has 0 bridgehead atoms. The Morgan fingerprint density at radius 3 is 2.76 bits per heavy atom. The predicted molar refractivity (Wildman–Crippen MR) is 142 cm³/mol. The second-order valence-corrected chi connectivity index (χ2v) is 11.7. The van der Waals surface area contributed by atoms with E-state index in [1.54, 1.807) is 53.1 Å². The second kappa shape index (κ2) is 10.2. The van der Waals surface area contributed by atoms with Crippen LogP contribution >= 0.6 is 51.3 Å². The van der Waals surface area contributed by atoms with Gasteiger partial charge in [0.05, 0.1) is 39.1 Å². The second-order valence-electron chi connectivity index (χ2n) is 7.52. The van der Waals surface area contributed by atoms with Gasteiger partial charge in [0.15, 0.2) is 0 Å². The molecule has 0 fully saturated rings. The van der Waals surface area contributed by atoms with Crippen LogP contribution < -0.4 is 14.8 Å².